The first-order valence-electron chi connectivity index (χ1n) is 11.8. The molecule has 10 nitrogen and oxygen atoms in total. The van der Waals surface area contributed by atoms with Crippen molar-refractivity contribution in [1.29, 1.82) is 0 Å². The molecule has 3 aromatic rings. The van der Waals surface area contributed by atoms with Crippen LogP contribution in [0.25, 0.3) is 11.1 Å². The molecule has 4 heterocycles. The van der Waals surface area contributed by atoms with Crippen LogP contribution >= 0.6 is 0 Å². The fourth-order valence-electron chi connectivity index (χ4n) is 4.47. The lowest BCUT2D eigenvalue weighted by Gasteiger charge is -2.29. The minimum Gasteiger partial charge on any atom is -0.508 e. The van der Waals surface area contributed by atoms with Crippen LogP contribution in [-0.2, 0) is 21.6 Å². The Balaban J connectivity index is 1.46. The van der Waals surface area contributed by atoms with Gasteiger partial charge in [-0.3, -0.25) is 14.6 Å². The van der Waals surface area contributed by atoms with E-state index in [1.807, 2.05) is 0 Å². The molecule has 5 rings (SSSR count). The summed E-state index contributed by atoms with van der Waals surface area (Å²) in [4.78, 5) is 46.8. The molecule has 1 aromatic carbocycles. The zero-order valence-corrected chi connectivity index (χ0v) is 21.4. The Hall–Kier alpha value is -3.70. The third-order valence-corrected chi connectivity index (χ3v) is 8.21. The van der Waals surface area contributed by atoms with Crippen LogP contribution in [0.15, 0.2) is 47.0 Å². The molecule has 2 aliphatic rings. The Morgan fingerprint density at radius 1 is 1.19 bits per heavy atom. The number of benzene rings is 1. The highest BCUT2D eigenvalue weighted by Crippen LogP contribution is 2.36. The summed E-state index contributed by atoms with van der Waals surface area (Å²) in [6.07, 6.45) is 1.61. The maximum atomic E-state index is 13.8. The Labute approximate surface area is 208 Å². The molecule has 1 saturated heterocycles. The lowest BCUT2D eigenvalue weighted by molar-refractivity contribution is -0.136. The molecule has 0 bridgehead atoms. The SMILES string of the molecule is C[Si](C)(C)CCOCN1C(=O)N[C@](CN2Cc3ccc(O)cc3C2=O)(c2cc3ncccc3o2)C1=O. The molecular formula is C25H28N4O6Si. The first kappa shape index (κ1) is 24.0. The second kappa shape index (κ2) is 8.75. The number of aromatic nitrogens is 1. The third-order valence-electron chi connectivity index (χ3n) is 6.50. The number of hydrogen-bond donors (Lipinski definition) is 2. The van der Waals surface area contributed by atoms with Crippen LogP contribution in [0.4, 0.5) is 4.79 Å². The monoisotopic (exact) mass is 508 g/mol. The van der Waals surface area contributed by atoms with Gasteiger partial charge in [0.05, 0.1) is 6.54 Å². The van der Waals surface area contributed by atoms with E-state index in [9.17, 15) is 19.5 Å². The number of rotatable bonds is 8. The number of nitrogens with zero attached hydrogens (tertiary/aromatic N) is 3. The first-order chi connectivity index (χ1) is 17.1. The normalized spacial score (nSPS) is 19.9. The van der Waals surface area contributed by atoms with Gasteiger partial charge in [-0.1, -0.05) is 25.7 Å². The molecule has 11 heteroatoms. The number of furan rings is 1. The van der Waals surface area contributed by atoms with Gasteiger partial charge in [-0.05, 0) is 35.9 Å². The molecule has 0 radical (unpaired) electrons. The van der Waals surface area contributed by atoms with Crippen molar-refractivity contribution < 1.29 is 28.6 Å². The van der Waals surface area contributed by atoms with Crippen LogP contribution < -0.4 is 5.32 Å². The number of carbonyl (C=O) groups is 3. The van der Waals surface area contributed by atoms with Crippen LogP contribution in [0.2, 0.25) is 25.7 Å². The van der Waals surface area contributed by atoms with Crippen LogP contribution in [0.5, 0.6) is 5.75 Å². The van der Waals surface area contributed by atoms with Crippen molar-refractivity contribution in [1.82, 2.24) is 20.1 Å². The lowest BCUT2D eigenvalue weighted by Crippen LogP contribution is -2.52. The highest BCUT2D eigenvalue weighted by atomic mass is 28.3. The van der Waals surface area contributed by atoms with E-state index in [1.54, 1.807) is 30.5 Å². The number of urea groups is 1. The number of phenols is 1. The minimum absolute atomic E-state index is 0.0195. The second-order valence-electron chi connectivity index (χ2n) is 10.4. The third kappa shape index (κ3) is 4.24. The van der Waals surface area contributed by atoms with Crippen LogP contribution in [0.1, 0.15) is 21.7 Å². The number of phenolic OH excluding ortho intramolecular Hbond substituents is 1. The second-order valence-corrected chi connectivity index (χ2v) is 16.0. The standard InChI is InChI=1S/C25H28N4O6Si/c1-36(2,3)10-9-34-15-29-23(32)25(27-24(29)33,21-12-19-20(35-21)5-4-8-26-19)14-28-13-16-6-7-17(30)11-18(16)22(28)31/h4-8,11-12,30H,9-10,13-15H2,1-3H3,(H,27,33)/t25-/m1/s1. The smallest absolute Gasteiger partial charge is 0.327 e. The van der Waals surface area contributed by atoms with Gasteiger partial charge in [0.25, 0.3) is 11.8 Å². The maximum absolute atomic E-state index is 13.8. The number of amides is 4. The number of nitrogens with one attached hydrogen (secondary N) is 1. The summed E-state index contributed by atoms with van der Waals surface area (Å²) < 4.78 is 11.7. The van der Waals surface area contributed by atoms with Gasteiger partial charge in [-0.15, -0.1) is 0 Å². The fraction of sp³-hybridized carbons (Fsp3) is 0.360. The van der Waals surface area contributed by atoms with Crippen molar-refractivity contribution in [2.24, 2.45) is 0 Å². The zero-order chi connectivity index (χ0) is 25.7. The molecule has 2 aliphatic heterocycles. The molecule has 0 saturated carbocycles. The van der Waals surface area contributed by atoms with Gasteiger partial charge in [0, 0.05) is 39.1 Å². The van der Waals surface area contributed by atoms with E-state index in [4.69, 9.17) is 9.15 Å². The topological polar surface area (TPSA) is 125 Å². The molecule has 0 unspecified atom stereocenters. The summed E-state index contributed by atoms with van der Waals surface area (Å²) in [6, 6.07) is 9.91. The van der Waals surface area contributed by atoms with Crippen LogP contribution in [0.3, 0.4) is 0 Å². The van der Waals surface area contributed by atoms with E-state index in [-0.39, 0.29) is 37.2 Å². The van der Waals surface area contributed by atoms with Crippen molar-refractivity contribution in [3.05, 3.63) is 59.5 Å². The van der Waals surface area contributed by atoms with Gasteiger partial charge in [0.2, 0.25) is 0 Å². The largest absolute Gasteiger partial charge is 0.508 e. The molecule has 188 valence electrons. The Morgan fingerprint density at radius 2 is 2.00 bits per heavy atom. The number of fused-ring (bicyclic) bond motifs is 2. The van der Waals surface area contributed by atoms with E-state index in [0.29, 0.717) is 23.3 Å². The summed E-state index contributed by atoms with van der Waals surface area (Å²) in [7, 11) is -1.35. The molecule has 0 aliphatic carbocycles. The fourth-order valence-corrected chi connectivity index (χ4v) is 5.23. The van der Waals surface area contributed by atoms with Crippen molar-refractivity contribution in [2.45, 2.75) is 37.8 Å². The predicted molar refractivity (Wildman–Crippen MR) is 133 cm³/mol. The van der Waals surface area contributed by atoms with Gasteiger partial charge < -0.3 is 24.5 Å². The van der Waals surface area contributed by atoms with Gasteiger partial charge in [-0.2, -0.15) is 0 Å². The van der Waals surface area contributed by atoms with Crippen LogP contribution in [0, 0.1) is 0 Å². The van der Waals surface area contributed by atoms with E-state index in [0.717, 1.165) is 16.5 Å². The quantitative estimate of drug-likeness (QED) is 0.272. The summed E-state index contributed by atoms with van der Waals surface area (Å²) >= 11 is 0. The average Bonchev–Trinajstić information content (AvgIpc) is 3.45. The Kier molecular flexibility index (Phi) is 5.84. The molecule has 2 N–H and O–H groups in total. The molecule has 0 spiro atoms. The van der Waals surface area contributed by atoms with Gasteiger partial charge in [0.15, 0.2) is 11.1 Å². The Bertz CT molecular complexity index is 1330. The van der Waals surface area contributed by atoms with E-state index < -0.39 is 25.6 Å². The van der Waals surface area contributed by atoms with Gasteiger partial charge >= 0.3 is 6.03 Å². The number of aromatic hydroxyl groups is 1. The Morgan fingerprint density at radius 3 is 2.75 bits per heavy atom. The van der Waals surface area contributed by atoms with Crippen molar-refractivity contribution >= 4 is 37.0 Å². The lowest BCUT2D eigenvalue weighted by atomic mass is 9.95. The molecule has 1 fully saturated rings. The molecule has 1 atom stereocenters. The van der Waals surface area contributed by atoms with E-state index >= 15 is 0 Å². The number of pyridine rings is 1. The number of carbonyl (C=O) groups excluding carboxylic acids is 3. The summed E-state index contributed by atoms with van der Waals surface area (Å²) in [5.41, 5.74) is 0.418. The van der Waals surface area contributed by atoms with E-state index in [1.165, 1.54) is 17.0 Å². The molecule has 36 heavy (non-hydrogen) atoms. The van der Waals surface area contributed by atoms with E-state index in [2.05, 4.69) is 29.9 Å². The average molecular weight is 509 g/mol. The van der Waals surface area contributed by atoms with Gasteiger partial charge in [-0.25, -0.2) is 9.69 Å². The maximum Gasteiger partial charge on any atom is 0.327 e. The van der Waals surface area contributed by atoms with Crippen LogP contribution in [-0.4, -0.2) is 65.7 Å². The molecule has 2 aromatic heterocycles. The highest BCUT2D eigenvalue weighted by Gasteiger charge is 2.56. The number of imide groups is 1. The summed E-state index contributed by atoms with van der Waals surface area (Å²) in [6.45, 7) is 6.97. The molecular weight excluding hydrogens is 480 g/mol. The van der Waals surface area contributed by atoms with Gasteiger partial charge in [0.1, 0.15) is 23.8 Å². The first-order valence-corrected chi connectivity index (χ1v) is 15.5. The zero-order valence-electron chi connectivity index (χ0n) is 20.4. The molecule has 4 amide bonds. The number of ether oxygens (including phenoxy) is 1. The number of hydrogen-bond acceptors (Lipinski definition) is 7. The van der Waals surface area contributed by atoms with Crippen molar-refractivity contribution in [3.63, 3.8) is 0 Å². The minimum atomic E-state index is -1.65. The predicted octanol–water partition coefficient (Wildman–Crippen LogP) is 3.25. The summed E-state index contributed by atoms with van der Waals surface area (Å²) in [5.74, 6) is -0.743. The summed E-state index contributed by atoms with van der Waals surface area (Å²) in [5, 5.41) is 12.6. The van der Waals surface area contributed by atoms with Crippen molar-refractivity contribution in [2.75, 3.05) is 19.9 Å². The van der Waals surface area contributed by atoms with Crippen molar-refractivity contribution in [3.8, 4) is 5.75 Å². The highest BCUT2D eigenvalue weighted by molar-refractivity contribution is 6.76.